The zero-order chi connectivity index (χ0) is 27.8. The minimum atomic E-state index is -1.43. The third-order valence-electron chi connectivity index (χ3n) is 6.09. The molecule has 0 unspecified atom stereocenters. The number of amides is 1. The highest BCUT2D eigenvalue weighted by molar-refractivity contribution is 9.10. The molecule has 3 N–H and O–H groups in total. The topological polar surface area (TPSA) is 92.2 Å². The van der Waals surface area contributed by atoms with Crippen molar-refractivity contribution >= 4 is 27.7 Å². The van der Waals surface area contributed by atoms with Crippen LogP contribution in [-0.4, -0.2) is 35.7 Å². The van der Waals surface area contributed by atoms with Crippen LogP contribution in [0.15, 0.2) is 88.9 Å². The molecule has 0 fully saturated rings. The van der Waals surface area contributed by atoms with Gasteiger partial charge in [0, 0.05) is 47.7 Å². The number of ether oxygens (including phenoxy) is 2. The maximum atomic E-state index is 13.7. The van der Waals surface area contributed by atoms with Crippen LogP contribution in [0.4, 0.5) is 8.78 Å². The van der Waals surface area contributed by atoms with E-state index in [1.807, 2.05) is 24.3 Å². The number of nitrogens with one attached hydrogen (secondary N) is 2. The van der Waals surface area contributed by atoms with Gasteiger partial charge in [-0.15, -0.1) is 6.58 Å². The normalized spacial score (nSPS) is 18.3. The van der Waals surface area contributed by atoms with Crippen molar-refractivity contribution in [1.29, 1.82) is 0 Å². The molecule has 3 aromatic carbocycles. The fraction of sp³-hybridized carbons (Fsp3) is 0.241. The van der Waals surface area contributed by atoms with Gasteiger partial charge in [0.05, 0.1) is 6.61 Å². The van der Waals surface area contributed by atoms with Gasteiger partial charge in [-0.1, -0.05) is 40.2 Å². The summed E-state index contributed by atoms with van der Waals surface area (Å²) in [6.07, 6.45) is 1.45. The maximum Gasteiger partial charge on any atom is 0.266 e. The van der Waals surface area contributed by atoms with Crippen LogP contribution in [-0.2, 0) is 16.1 Å². The first kappa shape index (κ1) is 28.4. The average Bonchev–Trinajstić information content (AvgIpc) is 3.29. The summed E-state index contributed by atoms with van der Waals surface area (Å²) in [4.78, 5) is 18.5. The van der Waals surface area contributed by atoms with Crippen molar-refractivity contribution in [2.24, 2.45) is 4.99 Å². The third kappa shape index (κ3) is 6.70. The zero-order valence-electron chi connectivity index (χ0n) is 21.0. The molecule has 0 spiro atoms. The zero-order valence-corrected chi connectivity index (χ0v) is 22.6. The number of carbonyl (C=O) groups excluding carboxylic acids is 1. The minimum absolute atomic E-state index is 0.0144. The quantitative estimate of drug-likeness (QED) is 0.152. The lowest BCUT2D eigenvalue weighted by Gasteiger charge is -2.30. The number of aliphatic hydroxyl groups is 1. The Kier molecular flexibility index (Phi) is 9.45. The van der Waals surface area contributed by atoms with Crippen LogP contribution in [0, 0.1) is 11.6 Å². The minimum Gasteiger partial charge on any atom is -0.494 e. The molecule has 0 saturated heterocycles. The summed E-state index contributed by atoms with van der Waals surface area (Å²) in [7, 11) is 0. The lowest BCUT2D eigenvalue weighted by molar-refractivity contribution is -0.129. The lowest BCUT2D eigenvalue weighted by Crippen LogP contribution is -2.52. The van der Waals surface area contributed by atoms with Gasteiger partial charge in [0.25, 0.3) is 5.91 Å². The number of hydrogen-bond donors (Lipinski definition) is 3. The standard InChI is InChI=1S/C29H28BrF2N3O4/c1-2-12-29(28(37)35-33-18-19-15-21(31)17-22(32)16-19)26(24-6-3-4-7-25(24)30)39-27(34-29)20-8-10-23(11-9-20)38-14-5-13-36/h2-4,6-11,15-17,26,33,36H,1,5,12-14,18H2,(H,35,37)/t26-,29-/m0/s1. The molecular weight excluding hydrogens is 572 g/mol. The Labute approximate surface area is 233 Å². The van der Waals surface area contributed by atoms with Gasteiger partial charge in [-0.25, -0.2) is 19.2 Å². The highest BCUT2D eigenvalue weighted by atomic mass is 79.9. The van der Waals surface area contributed by atoms with Crippen molar-refractivity contribution in [3.8, 4) is 5.75 Å². The molecule has 4 rings (SSSR count). The molecule has 0 saturated carbocycles. The molecule has 10 heteroatoms. The number of benzene rings is 3. The number of nitrogens with zero attached hydrogens (tertiary/aromatic N) is 1. The first-order valence-corrected chi connectivity index (χ1v) is 13.1. The number of carbonyl (C=O) groups is 1. The summed E-state index contributed by atoms with van der Waals surface area (Å²) in [5.41, 5.74) is 5.64. The van der Waals surface area contributed by atoms with Crippen molar-refractivity contribution in [2.75, 3.05) is 13.2 Å². The van der Waals surface area contributed by atoms with E-state index in [4.69, 9.17) is 19.6 Å². The SMILES string of the molecule is C=CC[C@]1(C(=O)NNCc2cc(F)cc(F)c2)N=C(c2ccc(OCCCO)cc2)O[C@H]1c1ccccc1Br. The van der Waals surface area contributed by atoms with E-state index in [2.05, 4.69) is 33.4 Å². The van der Waals surface area contributed by atoms with E-state index >= 15 is 0 Å². The Hall–Kier alpha value is -3.60. The Morgan fingerprint density at radius 1 is 1.15 bits per heavy atom. The van der Waals surface area contributed by atoms with E-state index in [1.54, 1.807) is 30.3 Å². The van der Waals surface area contributed by atoms with Gasteiger partial charge in [0.15, 0.2) is 11.6 Å². The first-order chi connectivity index (χ1) is 18.9. The summed E-state index contributed by atoms with van der Waals surface area (Å²) in [6, 6.07) is 17.6. The number of aliphatic imine (C=N–C) groups is 1. The van der Waals surface area contributed by atoms with E-state index in [1.165, 1.54) is 12.1 Å². The van der Waals surface area contributed by atoms with Crippen LogP contribution >= 0.6 is 15.9 Å². The highest BCUT2D eigenvalue weighted by Gasteiger charge is 2.53. The van der Waals surface area contributed by atoms with Gasteiger partial charge in [0.2, 0.25) is 5.90 Å². The predicted molar refractivity (Wildman–Crippen MR) is 147 cm³/mol. The second-order valence-electron chi connectivity index (χ2n) is 8.89. The van der Waals surface area contributed by atoms with Gasteiger partial charge < -0.3 is 14.6 Å². The molecular formula is C29H28BrF2N3O4. The van der Waals surface area contributed by atoms with Crippen molar-refractivity contribution in [2.45, 2.75) is 31.0 Å². The van der Waals surface area contributed by atoms with Crippen molar-refractivity contribution in [3.63, 3.8) is 0 Å². The van der Waals surface area contributed by atoms with E-state index in [0.29, 0.717) is 35.5 Å². The van der Waals surface area contributed by atoms with E-state index in [0.717, 1.165) is 10.5 Å². The van der Waals surface area contributed by atoms with Crippen LogP contribution in [0.5, 0.6) is 5.75 Å². The van der Waals surface area contributed by atoms with Gasteiger partial charge in [-0.3, -0.25) is 10.2 Å². The fourth-order valence-corrected chi connectivity index (χ4v) is 4.74. The Morgan fingerprint density at radius 3 is 2.54 bits per heavy atom. The Bertz CT molecular complexity index is 1330. The summed E-state index contributed by atoms with van der Waals surface area (Å²) in [5.74, 6) is -1.03. The number of hydrogen-bond acceptors (Lipinski definition) is 6. The Balaban J connectivity index is 1.62. The molecule has 0 aromatic heterocycles. The molecule has 0 bridgehead atoms. The number of hydrazine groups is 1. The fourth-order valence-electron chi connectivity index (χ4n) is 4.25. The van der Waals surface area contributed by atoms with Crippen LogP contribution in [0.3, 0.4) is 0 Å². The molecule has 2 atom stereocenters. The van der Waals surface area contributed by atoms with Crippen LogP contribution in [0.1, 0.15) is 35.6 Å². The molecule has 204 valence electrons. The largest absolute Gasteiger partial charge is 0.494 e. The molecule has 0 radical (unpaired) electrons. The van der Waals surface area contributed by atoms with Crippen molar-refractivity contribution in [3.05, 3.63) is 112 Å². The summed E-state index contributed by atoms with van der Waals surface area (Å²) >= 11 is 3.56. The third-order valence-corrected chi connectivity index (χ3v) is 6.81. The van der Waals surface area contributed by atoms with E-state index < -0.39 is 29.2 Å². The maximum absolute atomic E-state index is 13.7. The first-order valence-electron chi connectivity index (χ1n) is 12.3. The number of rotatable bonds is 12. The molecule has 1 aliphatic heterocycles. The molecule has 1 aliphatic rings. The van der Waals surface area contributed by atoms with Crippen LogP contribution in [0.25, 0.3) is 0 Å². The predicted octanol–water partition coefficient (Wildman–Crippen LogP) is 5.14. The van der Waals surface area contributed by atoms with E-state index in [-0.39, 0.29) is 25.5 Å². The van der Waals surface area contributed by atoms with Crippen molar-refractivity contribution < 1.29 is 28.2 Å². The monoisotopic (exact) mass is 599 g/mol. The molecule has 39 heavy (non-hydrogen) atoms. The second-order valence-corrected chi connectivity index (χ2v) is 9.74. The molecule has 1 amide bonds. The molecule has 0 aliphatic carbocycles. The van der Waals surface area contributed by atoms with Gasteiger partial charge in [-0.2, -0.15) is 0 Å². The number of halogens is 3. The van der Waals surface area contributed by atoms with Crippen molar-refractivity contribution in [1.82, 2.24) is 10.9 Å². The van der Waals surface area contributed by atoms with Crippen LogP contribution < -0.4 is 15.6 Å². The summed E-state index contributed by atoms with van der Waals surface area (Å²) < 4.78 is 39.9. The average molecular weight is 600 g/mol. The Morgan fingerprint density at radius 2 is 1.87 bits per heavy atom. The lowest BCUT2D eigenvalue weighted by atomic mass is 9.84. The second kappa shape index (κ2) is 13.0. The van der Waals surface area contributed by atoms with Gasteiger partial charge >= 0.3 is 0 Å². The summed E-state index contributed by atoms with van der Waals surface area (Å²) in [6.45, 7) is 4.25. The molecule has 1 heterocycles. The van der Waals surface area contributed by atoms with Gasteiger partial charge in [0.1, 0.15) is 17.4 Å². The highest BCUT2D eigenvalue weighted by Crippen LogP contribution is 2.44. The van der Waals surface area contributed by atoms with E-state index in [9.17, 15) is 13.6 Å². The number of aliphatic hydroxyl groups excluding tert-OH is 1. The summed E-state index contributed by atoms with van der Waals surface area (Å²) in [5, 5.41) is 8.95. The smallest absolute Gasteiger partial charge is 0.266 e. The van der Waals surface area contributed by atoms with Gasteiger partial charge in [-0.05, 0) is 48.0 Å². The molecule has 3 aromatic rings. The van der Waals surface area contributed by atoms with Crippen LogP contribution in [0.2, 0.25) is 0 Å². The molecule has 7 nitrogen and oxygen atoms in total.